The van der Waals surface area contributed by atoms with Crippen LogP contribution in [0.5, 0.6) is 11.5 Å². The van der Waals surface area contributed by atoms with E-state index in [1.54, 1.807) is 13.4 Å². The quantitative estimate of drug-likeness (QED) is 0.248. The molecule has 0 aliphatic carbocycles. The van der Waals surface area contributed by atoms with Gasteiger partial charge in [0.25, 0.3) is 0 Å². The van der Waals surface area contributed by atoms with Gasteiger partial charge in [0.1, 0.15) is 12.0 Å². The van der Waals surface area contributed by atoms with Gasteiger partial charge < -0.3 is 24.5 Å². The van der Waals surface area contributed by atoms with Gasteiger partial charge in [-0.3, -0.25) is 0 Å². The molecule has 2 N–H and O–H groups in total. The molecule has 0 atom stereocenters. The lowest BCUT2D eigenvalue weighted by Gasteiger charge is -2.14. The summed E-state index contributed by atoms with van der Waals surface area (Å²) in [5.74, 6) is 2.60. The Morgan fingerprint density at radius 3 is 2.60 bits per heavy atom. The first-order valence-corrected chi connectivity index (χ1v) is 9.59. The predicted molar refractivity (Wildman–Crippen MR) is 130 cm³/mol. The molecule has 3 rings (SSSR count). The van der Waals surface area contributed by atoms with E-state index >= 15 is 0 Å². The van der Waals surface area contributed by atoms with Crippen molar-refractivity contribution in [3.05, 3.63) is 60.5 Å². The molecule has 8 heteroatoms. The molecule has 0 aliphatic heterocycles. The zero-order chi connectivity index (χ0) is 20.5. The number of aromatic nitrogens is 1. The Balaban J connectivity index is 0.00000320. The van der Waals surface area contributed by atoms with Crippen molar-refractivity contribution in [2.24, 2.45) is 4.99 Å². The fourth-order valence-electron chi connectivity index (χ4n) is 2.72. The van der Waals surface area contributed by atoms with Crippen molar-refractivity contribution in [2.75, 3.05) is 25.6 Å². The third kappa shape index (κ3) is 6.38. The zero-order valence-electron chi connectivity index (χ0n) is 17.3. The van der Waals surface area contributed by atoms with Gasteiger partial charge in [0.05, 0.1) is 20.3 Å². The van der Waals surface area contributed by atoms with E-state index in [4.69, 9.17) is 13.9 Å². The molecule has 160 valence electrons. The Labute approximate surface area is 193 Å². The average Bonchev–Trinajstić information content (AvgIpc) is 3.22. The van der Waals surface area contributed by atoms with Crippen molar-refractivity contribution in [1.29, 1.82) is 0 Å². The van der Waals surface area contributed by atoms with E-state index < -0.39 is 0 Å². The second-order valence-corrected chi connectivity index (χ2v) is 6.13. The number of rotatable bonds is 8. The first-order chi connectivity index (χ1) is 14.2. The summed E-state index contributed by atoms with van der Waals surface area (Å²) >= 11 is 0. The van der Waals surface area contributed by atoms with Crippen LogP contribution in [-0.2, 0) is 6.54 Å². The second kappa shape index (κ2) is 12.1. The highest BCUT2D eigenvalue weighted by Crippen LogP contribution is 2.30. The number of aliphatic imine (C=N–C) groups is 1. The van der Waals surface area contributed by atoms with Crippen molar-refractivity contribution in [3.63, 3.8) is 0 Å². The molecule has 0 amide bonds. The van der Waals surface area contributed by atoms with Gasteiger partial charge in [0.2, 0.25) is 5.89 Å². The van der Waals surface area contributed by atoms with Crippen molar-refractivity contribution in [2.45, 2.75) is 20.4 Å². The molecule has 0 radical (unpaired) electrons. The summed E-state index contributed by atoms with van der Waals surface area (Å²) in [6, 6.07) is 15.5. The molecular weight excluding hydrogens is 495 g/mol. The minimum absolute atomic E-state index is 0. The molecule has 7 nitrogen and oxygen atoms in total. The van der Waals surface area contributed by atoms with Gasteiger partial charge in [0.15, 0.2) is 17.5 Å². The average molecular weight is 522 g/mol. The normalized spacial score (nSPS) is 10.8. The lowest BCUT2D eigenvalue weighted by Crippen LogP contribution is -2.30. The van der Waals surface area contributed by atoms with Crippen molar-refractivity contribution in [3.8, 4) is 23.0 Å². The van der Waals surface area contributed by atoms with Crippen molar-refractivity contribution in [1.82, 2.24) is 10.3 Å². The highest BCUT2D eigenvalue weighted by molar-refractivity contribution is 14.0. The zero-order valence-corrected chi connectivity index (χ0v) is 19.7. The lowest BCUT2D eigenvalue weighted by atomic mass is 10.2. The van der Waals surface area contributed by atoms with Crippen molar-refractivity contribution < 1.29 is 13.9 Å². The van der Waals surface area contributed by atoms with Crippen LogP contribution in [0.25, 0.3) is 11.5 Å². The summed E-state index contributed by atoms with van der Waals surface area (Å²) in [6.45, 7) is 5.63. The molecule has 0 bridgehead atoms. The number of guanidine groups is 1. The number of methoxy groups -OCH3 is 1. The standard InChI is InChI=1S/C22H26N4O3.HI/c1-4-23-22(26-17-11-12-19(27-3)20(13-17)28-5-2)24-14-18-15-29-21(25-18)16-9-7-6-8-10-16;/h6-13,15H,4-5,14H2,1-3H3,(H2,23,24,26);1H. The van der Waals surface area contributed by atoms with E-state index in [9.17, 15) is 0 Å². The Morgan fingerprint density at radius 2 is 1.90 bits per heavy atom. The van der Waals surface area contributed by atoms with E-state index in [1.165, 1.54) is 0 Å². The van der Waals surface area contributed by atoms with Crippen LogP contribution >= 0.6 is 24.0 Å². The minimum Gasteiger partial charge on any atom is -0.493 e. The third-order valence-corrected chi connectivity index (χ3v) is 4.04. The molecule has 0 aliphatic rings. The number of benzene rings is 2. The minimum atomic E-state index is 0. The highest BCUT2D eigenvalue weighted by atomic mass is 127. The summed E-state index contributed by atoms with van der Waals surface area (Å²) in [6.07, 6.45) is 1.63. The number of nitrogens with zero attached hydrogens (tertiary/aromatic N) is 2. The number of oxazole rings is 1. The van der Waals surface area contributed by atoms with E-state index in [0.717, 1.165) is 23.5 Å². The fraction of sp³-hybridized carbons (Fsp3) is 0.273. The Morgan fingerprint density at radius 1 is 1.10 bits per heavy atom. The van der Waals surface area contributed by atoms with Crippen LogP contribution in [0.3, 0.4) is 0 Å². The van der Waals surface area contributed by atoms with Gasteiger partial charge in [-0.25, -0.2) is 9.98 Å². The molecule has 0 spiro atoms. The van der Waals surface area contributed by atoms with Crippen LogP contribution in [0, 0.1) is 0 Å². The van der Waals surface area contributed by atoms with Crippen LogP contribution in [-0.4, -0.2) is 31.2 Å². The summed E-state index contributed by atoms with van der Waals surface area (Å²) in [7, 11) is 1.62. The van der Waals surface area contributed by atoms with Crippen LogP contribution in [0.4, 0.5) is 5.69 Å². The molecule has 1 aromatic heterocycles. The largest absolute Gasteiger partial charge is 0.493 e. The highest BCUT2D eigenvalue weighted by Gasteiger charge is 2.09. The molecule has 0 saturated heterocycles. The van der Waals surface area contributed by atoms with Gasteiger partial charge in [0, 0.05) is 23.9 Å². The summed E-state index contributed by atoms with van der Waals surface area (Å²) in [4.78, 5) is 9.12. The molecule has 3 aromatic rings. The smallest absolute Gasteiger partial charge is 0.226 e. The number of ether oxygens (including phenoxy) is 2. The van der Waals surface area contributed by atoms with Crippen LogP contribution < -0.4 is 20.1 Å². The van der Waals surface area contributed by atoms with Crippen LogP contribution in [0.15, 0.2) is 64.2 Å². The van der Waals surface area contributed by atoms with E-state index in [1.807, 2.05) is 62.4 Å². The SMILES string of the molecule is CCNC(=NCc1coc(-c2ccccc2)n1)Nc1ccc(OC)c(OCC)c1.I. The maximum atomic E-state index is 5.64. The van der Waals surface area contributed by atoms with Gasteiger partial charge in [-0.05, 0) is 38.1 Å². The van der Waals surface area contributed by atoms with Gasteiger partial charge in [-0.15, -0.1) is 24.0 Å². The fourth-order valence-corrected chi connectivity index (χ4v) is 2.72. The second-order valence-electron chi connectivity index (χ2n) is 6.13. The molecule has 2 aromatic carbocycles. The molecule has 0 saturated carbocycles. The Hall–Kier alpha value is -2.75. The maximum Gasteiger partial charge on any atom is 0.226 e. The third-order valence-electron chi connectivity index (χ3n) is 4.04. The maximum absolute atomic E-state index is 5.64. The molecular formula is C22H27IN4O3. The summed E-state index contributed by atoms with van der Waals surface area (Å²) in [5, 5.41) is 6.51. The number of anilines is 1. The number of hydrogen-bond acceptors (Lipinski definition) is 5. The molecule has 0 fully saturated rings. The topological polar surface area (TPSA) is 80.9 Å². The van der Waals surface area contributed by atoms with E-state index in [-0.39, 0.29) is 24.0 Å². The first kappa shape index (κ1) is 23.5. The molecule has 0 unspecified atom stereocenters. The Bertz CT molecular complexity index is 945. The van der Waals surface area contributed by atoms with Crippen LogP contribution in [0.2, 0.25) is 0 Å². The monoisotopic (exact) mass is 522 g/mol. The van der Waals surface area contributed by atoms with Crippen LogP contribution in [0.1, 0.15) is 19.5 Å². The van der Waals surface area contributed by atoms with Crippen molar-refractivity contribution >= 4 is 35.6 Å². The van der Waals surface area contributed by atoms with E-state index in [2.05, 4.69) is 20.6 Å². The molecule has 1 heterocycles. The summed E-state index contributed by atoms with van der Waals surface area (Å²) in [5.41, 5.74) is 2.54. The number of halogens is 1. The first-order valence-electron chi connectivity index (χ1n) is 9.59. The van der Waals surface area contributed by atoms with E-state index in [0.29, 0.717) is 36.5 Å². The van der Waals surface area contributed by atoms with Gasteiger partial charge in [-0.2, -0.15) is 0 Å². The lowest BCUT2D eigenvalue weighted by molar-refractivity contribution is 0.311. The number of nitrogens with one attached hydrogen (secondary N) is 2. The van der Waals surface area contributed by atoms with Gasteiger partial charge >= 0.3 is 0 Å². The number of hydrogen-bond donors (Lipinski definition) is 2. The molecule has 30 heavy (non-hydrogen) atoms. The summed E-state index contributed by atoms with van der Waals surface area (Å²) < 4.78 is 16.5. The van der Waals surface area contributed by atoms with Gasteiger partial charge in [-0.1, -0.05) is 18.2 Å². The predicted octanol–water partition coefficient (Wildman–Crippen LogP) is 4.94. The Kier molecular flexibility index (Phi) is 9.46.